The fourth-order valence-electron chi connectivity index (χ4n) is 2.69. The predicted octanol–water partition coefficient (Wildman–Crippen LogP) is 6.21. The van der Waals surface area contributed by atoms with E-state index in [1.807, 2.05) is 0 Å². The summed E-state index contributed by atoms with van der Waals surface area (Å²) in [6, 6.07) is 0. The molecule has 26 heavy (non-hydrogen) atoms. The van der Waals surface area contributed by atoms with Crippen LogP contribution in [0.5, 0.6) is 0 Å². The smallest absolute Gasteiger partial charge is 0.305 e. The molecule has 0 N–H and O–H groups in total. The van der Waals surface area contributed by atoms with Crippen molar-refractivity contribution in [3.63, 3.8) is 0 Å². The number of rotatable bonds is 18. The zero-order valence-electron chi connectivity index (χ0n) is 17.5. The first-order valence-electron chi connectivity index (χ1n) is 10.9. The number of hydrogen-bond donors (Lipinski definition) is 0. The highest BCUT2D eigenvalue weighted by atomic mass is 16.5. The molecule has 0 saturated carbocycles. The molecular formula is C22H42O4. The molecule has 0 aliphatic rings. The lowest BCUT2D eigenvalue weighted by Gasteiger charge is -2.07. The van der Waals surface area contributed by atoms with Crippen LogP contribution in [0.4, 0.5) is 0 Å². The van der Waals surface area contributed by atoms with Gasteiger partial charge in [-0.3, -0.25) is 9.59 Å². The molecule has 0 aromatic heterocycles. The van der Waals surface area contributed by atoms with E-state index in [2.05, 4.69) is 20.8 Å². The molecule has 0 spiro atoms. The van der Waals surface area contributed by atoms with Crippen molar-refractivity contribution in [1.29, 1.82) is 0 Å². The maximum absolute atomic E-state index is 11.6. The van der Waals surface area contributed by atoms with Gasteiger partial charge in [0, 0.05) is 12.8 Å². The van der Waals surface area contributed by atoms with E-state index in [1.165, 1.54) is 38.5 Å². The van der Waals surface area contributed by atoms with Gasteiger partial charge in [0.15, 0.2) is 0 Å². The molecular weight excluding hydrogens is 328 g/mol. The number of unbranched alkanes of at least 4 members (excludes halogenated alkanes) is 9. The molecule has 0 bridgehead atoms. The van der Waals surface area contributed by atoms with Crippen LogP contribution >= 0.6 is 0 Å². The van der Waals surface area contributed by atoms with Gasteiger partial charge < -0.3 is 9.47 Å². The fraction of sp³-hybridized carbons (Fsp3) is 0.909. The maximum Gasteiger partial charge on any atom is 0.305 e. The fourth-order valence-corrected chi connectivity index (χ4v) is 2.69. The summed E-state index contributed by atoms with van der Waals surface area (Å²) in [5, 5.41) is 0. The van der Waals surface area contributed by atoms with Gasteiger partial charge in [-0.15, -0.1) is 0 Å². The first-order valence-corrected chi connectivity index (χ1v) is 10.9. The molecule has 0 radical (unpaired) electrons. The molecule has 0 aliphatic carbocycles. The topological polar surface area (TPSA) is 52.6 Å². The van der Waals surface area contributed by atoms with Gasteiger partial charge in [0.05, 0.1) is 13.2 Å². The third-order valence-electron chi connectivity index (χ3n) is 4.48. The van der Waals surface area contributed by atoms with Crippen molar-refractivity contribution < 1.29 is 19.1 Å². The Labute approximate surface area is 161 Å². The van der Waals surface area contributed by atoms with Gasteiger partial charge in [0.2, 0.25) is 0 Å². The van der Waals surface area contributed by atoms with Crippen molar-refractivity contribution in [2.24, 2.45) is 5.92 Å². The lowest BCUT2D eigenvalue weighted by Crippen LogP contribution is -2.08. The van der Waals surface area contributed by atoms with Crippen LogP contribution in [0.2, 0.25) is 0 Å². The van der Waals surface area contributed by atoms with Crippen LogP contribution < -0.4 is 0 Å². The van der Waals surface area contributed by atoms with E-state index >= 15 is 0 Å². The Morgan fingerprint density at radius 3 is 1.65 bits per heavy atom. The number of carbonyl (C=O) groups excluding carboxylic acids is 2. The van der Waals surface area contributed by atoms with E-state index in [4.69, 9.17) is 9.47 Å². The van der Waals surface area contributed by atoms with Crippen LogP contribution in [-0.4, -0.2) is 25.2 Å². The summed E-state index contributed by atoms with van der Waals surface area (Å²) in [6.45, 7) is 7.53. The highest BCUT2D eigenvalue weighted by molar-refractivity contribution is 5.69. The van der Waals surface area contributed by atoms with E-state index in [1.54, 1.807) is 0 Å². The average molecular weight is 371 g/mol. The van der Waals surface area contributed by atoms with E-state index in [9.17, 15) is 9.59 Å². The molecule has 0 unspecified atom stereocenters. The van der Waals surface area contributed by atoms with Gasteiger partial charge in [-0.2, -0.15) is 0 Å². The zero-order valence-corrected chi connectivity index (χ0v) is 17.5. The maximum atomic E-state index is 11.6. The summed E-state index contributed by atoms with van der Waals surface area (Å²) in [7, 11) is 0. The second-order valence-corrected chi connectivity index (χ2v) is 7.66. The molecule has 0 atom stereocenters. The number of esters is 2. The molecule has 0 amide bonds. The monoisotopic (exact) mass is 370 g/mol. The van der Waals surface area contributed by atoms with E-state index in [0.717, 1.165) is 38.5 Å². The Morgan fingerprint density at radius 1 is 0.654 bits per heavy atom. The number of ether oxygens (including phenoxy) is 2. The van der Waals surface area contributed by atoms with Crippen LogP contribution in [0.15, 0.2) is 0 Å². The minimum Gasteiger partial charge on any atom is -0.466 e. The molecule has 0 heterocycles. The van der Waals surface area contributed by atoms with E-state index < -0.39 is 0 Å². The Morgan fingerprint density at radius 2 is 1.12 bits per heavy atom. The van der Waals surface area contributed by atoms with Crippen LogP contribution in [0.1, 0.15) is 111 Å². The van der Waals surface area contributed by atoms with Gasteiger partial charge in [0.1, 0.15) is 0 Å². The van der Waals surface area contributed by atoms with Crippen molar-refractivity contribution in [1.82, 2.24) is 0 Å². The molecule has 0 aromatic rings. The molecule has 0 saturated heterocycles. The largest absolute Gasteiger partial charge is 0.466 e. The summed E-state index contributed by atoms with van der Waals surface area (Å²) in [5.41, 5.74) is 0. The Kier molecular flexibility index (Phi) is 18.0. The van der Waals surface area contributed by atoms with E-state index in [-0.39, 0.29) is 11.9 Å². The minimum atomic E-state index is -0.122. The Hall–Kier alpha value is -1.06. The van der Waals surface area contributed by atoms with Crippen molar-refractivity contribution in [3.8, 4) is 0 Å². The van der Waals surface area contributed by atoms with Crippen molar-refractivity contribution in [2.45, 2.75) is 111 Å². The standard InChI is InChI=1S/C22H42O4/c1-4-5-6-7-8-9-10-14-18-25-21(23)15-12-11-13-16-22(24)26-19-17-20(2)3/h20H,4-19H2,1-3H3. The first-order chi connectivity index (χ1) is 12.6. The van der Waals surface area contributed by atoms with Crippen LogP contribution in [0, 0.1) is 5.92 Å². The van der Waals surface area contributed by atoms with Gasteiger partial charge in [-0.25, -0.2) is 0 Å². The molecule has 0 aromatic carbocycles. The molecule has 0 fully saturated rings. The average Bonchev–Trinajstić information content (AvgIpc) is 2.59. The summed E-state index contributed by atoms with van der Waals surface area (Å²) < 4.78 is 10.4. The second-order valence-electron chi connectivity index (χ2n) is 7.66. The van der Waals surface area contributed by atoms with Gasteiger partial charge >= 0.3 is 11.9 Å². The minimum absolute atomic E-state index is 0.104. The van der Waals surface area contributed by atoms with Gasteiger partial charge in [-0.1, -0.05) is 72.1 Å². The summed E-state index contributed by atoms with van der Waals surface area (Å²) in [4.78, 5) is 23.1. The molecule has 4 nitrogen and oxygen atoms in total. The normalized spacial score (nSPS) is 10.9. The van der Waals surface area contributed by atoms with E-state index in [0.29, 0.717) is 32.0 Å². The molecule has 154 valence electrons. The van der Waals surface area contributed by atoms with Crippen LogP contribution in [0.3, 0.4) is 0 Å². The van der Waals surface area contributed by atoms with Crippen LogP contribution in [0.25, 0.3) is 0 Å². The second kappa shape index (κ2) is 18.7. The lowest BCUT2D eigenvalue weighted by molar-refractivity contribution is -0.144. The summed E-state index contributed by atoms with van der Waals surface area (Å²) >= 11 is 0. The molecule has 0 rings (SSSR count). The number of carbonyl (C=O) groups is 2. The first kappa shape index (κ1) is 24.9. The third-order valence-corrected chi connectivity index (χ3v) is 4.48. The number of hydrogen-bond acceptors (Lipinski definition) is 4. The summed E-state index contributed by atoms with van der Waals surface area (Å²) in [6.07, 6.45) is 14.2. The third kappa shape index (κ3) is 19.3. The summed E-state index contributed by atoms with van der Waals surface area (Å²) in [5.74, 6) is 0.329. The van der Waals surface area contributed by atoms with Gasteiger partial charge in [0.25, 0.3) is 0 Å². The van der Waals surface area contributed by atoms with Crippen molar-refractivity contribution in [3.05, 3.63) is 0 Å². The van der Waals surface area contributed by atoms with Crippen LogP contribution in [-0.2, 0) is 19.1 Å². The van der Waals surface area contributed by atoms with Gasteiger partial charge in [-0.05, 0) is 31.6 Å². The quantitative estimate of drug-likeness (QED) is 0.212. The molecule has 0 aliphatic heterocycles. The lowest BCUT2D eigenvalue weighted by atomic mass is 10.1. The molecule has 4 heteroatoms. The van der Waals surface area contributed by atoms with Crippen molar-refractivity contribution in [2.75, 3.05) is 13.2 Å². The zero-order chi connectivity index (χ0) is 19.5. The predicted molar refractivity (Wildman–Crippen MR) is 107 cm³/mol. The van der Waals surface area contributed by atoms with Crippen molar-refractivity contribution >= 4 is 11.9 Å². The highest BCUT2D eigenvalue weighted by Crippen LogP contribution is 2.09. The highest BCUT2D eigenvalue weighted by Gasteiger charge is 2.06. The SMILES string of the molecule is CCCCCCCCCCOC(=O)CCCCCC(=O)OCCC(C)C. The Bertz CT molecular complexity index is 339. The Balaban J connectivity index is 3.30.